The number of rotatable bonds is 4. The minimum Gasteiger partial charge on any atom is -0.389 e. The van der Waals surface area contributed by atoms with E-state index in [1.165, 1.54) is 12.1 Å². The summed E-state index contributed by atoms with van der Waals surface area (Å²) < 4.78 is 26.4. The number of hydrogen-bond acceptors (Lipinski definition) is 2. The molecule has 0 aliphatic rings. The summed E-state index contributed by atoms with van der Waals surface area (Å²) in [6.45, 7) is 0.346. The Kier molecular flexibility index (Phi) is 4.29. The topological polar surface area (TPSA) is 29.3 Å². The molecular weight excluding hydrogens is 278 g/mol. The molecule has 0 aliphatic heterocycles. The second-order valence-electron chi connectivity index (χ2n) is 4.50. The fraction of sp³-hybridized carbons (Fsp3) is 0.133. The fourth-order valence-corrected chi connectivity index (χ4v) is 2.01. The lowest BCUT2D eigenvalue weighted by Gasteiger charge is -2.20. The maximum Gasteiger partial charge on any atom is 0.131 e. The Balaban J connectivity index is 2.15. The lowest BCUT2D eigenvalue weighted by molar-refractivity contribution is 0.571. The molecule has 5 heteroatoms. The Morgan fingerprint density at radius 1 is 1.15 bits per heavy atom. The van der Waals surface area contributed by atoms with Gasteiger partial charge >= 0.3 is 0 Å². The predicted octanol–water partition coefficient (Wildman–Crippen LogP) is 3.24. The number of nitrogens with two attached hydrogens (primary N) is 1. The van der Waals surface area contributed by atoms with Crippen molar-refractivity contribution in [3.05, 3.63) is 65.2 Å². The van der Waals surface area contributed by atoms with Crippen LogP contribution in [0.4, 0.5) is 14.5 Å². The molecule has 0 amide bonds. The van der Waals surface area contributed by atoms with Gasteiger partial charge in [-0.05, 0) is 30.3 Å². The van der Waals surface area contributed by atoms with Gasteiger partial charge in [0, 0.05) is 36.5 Å². The first-order valence-electron chi connectivity index (χ1n) is 6.02. The first-order chi connectivity index (χ1) is 9.47. The van der Waals surface area contributed by atoms with Crippen LogP contribution >= 0.6 is 12.2 Å². The van der Waals surface area contributed by atoms with Crippen LogP contribution in [-0.4, -0.2) is 12.0 Å². The number of hydrogen-bond donors (Lipinski definition) is 1. The maximum atomic E-state index is 13.6. The summed E-state index contributed by atoms with van der Waals surface area (Å²) in [5.74, 6) is -1.12. The highest BCUT2D eigenvalue weighted by atomic mass is 32.1. The van der Waals surface area contributed by atoms with Gasteiger partial charge in [-0.3, -0.25) is 0 Å². The van der Waals surface area contributed by atoms with E-state index < -0.39 is 11.6 Å². The van der Waals surface area contributed by atoms with Gasteiger partial charge in [-0.2, -0.15) is 0 Å². The molecule has 0 saturated heterocycles. The average molecular weight is 292 g/mol. The molecule has 0 unspecified atom stereocenters. The van der Waals surface area contributed by atoms with Crippen LogP contribution in [0.3, 0.4) is 0 Å². The summed E-state index contributed by atoms with van der Waals surface area (Å²) in [5, 5.41) is 0. The molecule has 0 spiro atoms. The molecule has 2 aromatic rings. The summed E-state index contributed by atoms with van der Waals surface area (Å²) in [6.07, 6.45) is 0. The SMILES string of the molecule is CN(Cc1ccc(F)cc1F)c1ccc(C(N)=S)cc1. The van der Waals surface area contributed by atoms with Crippen molar-refractivity contribution in [1.29, 1.82) is 0 Å². The van der Waals surface area contributed by atoms with Crippen LogP contribution in [0.5, 0.6) is 0 Å². The van der Waals surface area contributed by atoms with Gasteiger partial charge in [0.25, 0.3) is 0 Å². The van der Waals surface area contributed by atoms with Crippen LogP contribution in [0.15, 0.2) is 42.5 Å². The Hall–Kier alpha value is -2.01. The van der Waals surface area contributed by atoms with Gasteiger partial charge in [-0.1, -0.05) is 18.3 Å². The predicted molar refractivity (Wildman–Crippen MR) is 80.8 cm³/mol. The number of halogens is 2. The number of benzene rings is 2. The van der Waals surface area contributed by atoms with Crippen LogP contribution in [0.25, 0.3) is 0 Å². The number of thiocarbonyl (C=S) groups is 1. The minimum absolute atomic E-state index is 0.337. The van der Waals surface area contributed by atoms with E-state index in [4.69, 9.17) is 18.0 Å². The zero-order valence-electron chi connectivity index (χ0n) is 10.9. The van der Waals surface area contributed by atoms with E-state index in [2.05, 4.69) is 0 Å². The lowest BCUT2D eigenvalue weighted by atomic mass is 10.1. The van der Waals surface area contributed by atoms with Crippen LogP contribution in [0.2, 0.25) is 0 Å². The molecule has 0 bridgehead atoms. The van der Waals surface area contributed by atoms with Crippen LogP contribution in [-0.2, 0) is 6.54 Å². The van der Waals surface area contributed by atoms with Gasteiger partial charge in [-0.15, -0.1) is 0 Å². The van der Waals surface area contributed by atoms with Crippen LogP contribution in [0, 0.1) is 11.6 Å². The molecule has 0 aliphatic carbocycles. The summed E-state index contributed by atoms with van der Waals surface area (Å²) in [7, 11) is 1.83. The van der Waals surface area contributed by atoms with Gasteiger partial charge in [0.15, 0.2) is 0 Å². The molecule has 0 heterocycles. The third kappa shape index (κ3) is 3.30. The summed E-state index contributed by atoms with van der Waals surface area (Å²) in [6, 6.07) is 10.9. The lowest BCUT2D eigenvalue weighted by Crippen LogP contribution is -2.17. The molecule has 0 aromatic heterocycles. The molecule has 0 fully saturated rings. The van der Waals surface area contributed by atoms with Crippen molar-refractivity contribution in [3.8, 4) is 0 Å². The van der Waals surface area contributed by atoms with E-state index in [0.717, 1.165) is 17.3 Å². The molecule has 2 aromatic carbocycles. The molecule has 0 radical (unpaired) electrons. The Morgan fingerprint density at radius 2 is 1.80 bits per heavy atom. The molecular formula is C15H14F2N2S. The van der Waals surface area contributed by atoms with Gasteiger partial charge in [0.05, 0.1) is 0 Å². The third-order valence-corrected chi connectivity index (χ3v) is 3.25. The largest absolute Gasteiger partial charge is 0.389 e. The van der Waals surface area contributed by atoms with E-state index >= 15 is 0 Å². The Bertz CT molecular complexity index is 626. The summed E-state index contributed by atoms with van der Waals surface area (Å²) in [5.41, 5.74) is 7.65. The molecule has 0 atom stereocenters. The van der Waals surface area contributed by atoms with E-state index in [-0.39, 0.29) is 0 Å². The van der Waals surface area contributed by atoms with Crippen molar-refractivity contribution in [1.82, 2.24) is 0 Å². The number of nitrogens with zero attached hydrogens (tertiary/aromatic N) is 1. The third-order valence-electron chi connectivity index (χ3n) is 3.02. The maximum absolute atomic E-state index is 13.6. The molecule has 2 nitrogen and oxygen atoms in total. The smallest absolute Gasteiger partial charge is 0.131 e. The van der Waals surface area contributed by atoms with E-state index in [0.29, 0.717) is 17.1 Å². The van der Waals surface area contributed by atoms with Crippen molar-refractivity contribution < 1.29 is 8.78 Å². The van der Waals surface area contributed by atoms with Crippen LogP contribution in [0.1, 0.15) is 11.1 Å². The Labute approximate surface area is 121 Å². The molecule has 2 rings (SSSR count). The second-order valence-corrected chi connectivity index (χ2v) is 4.94. The van der Waals surface area contributed by atoms with Crippen molar-refractivity contribution in [2.24, 2.45) is 5.73 Å². The second kappa shape index (κ2) is 5.96. The molecule has 0 saturated carbocycles. The van der Waals surface area contributed by atoms with Crippen LogP contribution < -0.4 is 10.6 Å². The van der Waals surface area contributed by atoms with E-state index in [1.54, 1.807) is 0 Å². The average Bonchev–Trinajstić information content (AvgIpc) is 2.42. The quantitative estimate of drug-likeness (QED) is 0.877. The van der Waals surface area contributed by atoms with Crippen molar-refractivity contribution >= 4 is 22.9 Å². The highest BCUT2D eigenvalue weighted by Crippen LogP contribution is 2.18. The highest BCUT2D eigenvalue weighted by molar-refractivity contribution is 7.80. The Morgan fingerprint density at radius 3 is 2.35 bits per heavy atom. The first kappa shape index (κ1) is 14.4. The van der Waals surface area contributed by atoms with E-state index in [1.807, 2.05) is 36.2 Å². The molecule has 2 N–H and O–H groups in total. The van der Waals surface area contributed by atoms with Gasteiger partial charge in [0.2, 0.25) is 0 Å². The normalized spacial score (nSPS) is 10.3. The van der Waals surface area contributed by atoms with Gasteiger partial charge in [0.1, 0.15) is 16.6 Å². The standard InChI is InChI=1S/C15H14F2N2S/c1-19(9-11-2-5-12(16)8-14(11)17)13-6-3-10(4-7-13)15(18)20/h2-8H,9H2,1H3,(H2,18,20). The number of anilines is 1. The van der Waals surface area contributed by atoms with Crippen molar-refractivity contribution in [3.63, 3.8) is 0 Å². The van der Waals surface area contributed by atoms with Crippen molar-refractivity contribution in [2.75, 3.05) is 11.9 Å². The van der Waals surface area contributed by atoms with Gasteiger partial charge < -0.3 is 10.6 Å². The summed E-state index contributed by atoms with van der Waals surface area (Å²) >= 11 is 4.88. The van der Waals surface area contributed by atoms with E-state index in [9.17, 15) is 8.78 Å². The highest BCUT2D eigenvalue weighted by Gasteiger charge is 2.08. The molecule has 104 valence electrons. The zero-order chi connectivity index (χ0) is 14.7. The zero-order valence-corrected chi connectivity index (χ0v) is 11.8. The monoisotopic (exact) mass is 292 g/mol. The molecule has 20 heavy (non-hydrogen) atoms. The van der Waals surface area contributed by atoms with Crippen molar-refractivity contribution in [2.45, 2.75) is 6.54 Å². The summed E-state index contributed by atoms with van der Waals surface area (Å²) in [4.78, 5) is 2.20. The fourth-order valence-electron chi connectivity index (χ4n) is 1.88. The van der Waals surface area contributed by atoms with Gasteiger partial charge in [-0.25, -0.2) is 8.78 Å². The first-order valence-corrected chi connectivity index (χ1v) is 6.43. The minimum atomic E-state index is -0.574.